The number of hydrogen-bond acceptors (Lipinski definition) is 4. The van der Waals surface area contributed by atoms with Crippen LogP contribution in [0.5, 0.6) is 0 Å². The fourth-order valence-corrected chi connectivity index (χ4v) is 3.18. The van der Waals surface area contributed by atoms with Crippen LogP contribution in [0.2, 0.25) is 5.02 Å². The summed E-state index contributed by atoms with van der Waals surface area (Å²) in [5, 5.41) is 9.11. The van der Waals surface area contributed by atoms with Crippen molar-refractivity contribution in [2.45, 2.75) is 6.54 Å². The quantitative estimate of drug-likeness (QED) is 0.764. The van der Waals surface area contributed by atoms with Crippen molar-refractivity contribution in [3.8, 4) is 6.07 Å². The van der Waals surface area contributed by atoms with Crippen molar-refractivity contribution in [2.75, 3.05) is 0 Å². The number of rotatable bonds is 3. The van der Waals surface area contributed by atoms with Crippen LogP contribution in [0, 0.1) is 11.3 Å². The van der Waals surface area contributed by atoms with Gasteiger partial charge < -0.3 is 0 Å². The minimum atomic E-state index is -0.315. The summed E-state index contributed by atoms with van der Waals surface area (Å²) in [4.78, 5) is 26.2. The summed E-state index contributed by atoms with van der Waals surface area (Å²) >= 11 is 6.76. The van der Waals surface area contributed by atoms with Gasteiger partial charge in [-0.3, -0.25) is 14.5 Å². The van der Waals surface area contributed by atoms with Crippen LogP contribution in [0.4, 0.5) is 4.79 Å². The molecule has 0 aliphatic carbocycles. The van der Waals surface area contributed by atoms with Gasteiger partial charge in [-0.25, -0.2) is 0 Å². The van der Waals surface area contributed by atoms with E-state index in [-0.39, 0.29) is 17.7 Å². The molecular formula is C18H11ClN2O2S. The predicted octanol–water partition coefficient (Wildman–Crippen LogP) is 4.45. The number of carbonyl (C=O) groups is 2. The Kier molecular flexibility index (Phi) is 4.70. The van der Waals surface area contributed by atoms with E-state index in [4.69, 9.17) is 16.9 Å². The zero-order valence-electron chi connectivity index (χ0n) is 12.4. The second-order valence-corrected chi connectivity index (χ2v) is 6.56. The smallest absolute Gasteiger partial charge is 0.268 e. The van der Waals surface area contributed by atoms with Gasteiger partial charge in [-0.15, -0.1) is 0 Å². The first-order valence-electron chi connectivity index (χ1n) is 7.07. The van der Waals surface area contributed by atoms with E-state index in [0.29, 0.717) is 15.5 Å². The molecule has 0 spiro atoms. The number of amides is 2. The highest BCUT2D eigenvalue weighted by Crippen LogP contribution is 2.33. The zero-order chi connectivity index (χ0) is 17.1. The normalized spacial score (nSPS) is 15.8. The lowest BCUT2D eigenvalue weighted by Crippen LogP contribution is -2.27. The third-order valence-electron chi connectivity index (χ3n) is 3.47. The summed E-state index contributed by atoms with van der Waals surface area (Å²) in [7, 11) is 0. The number of thioether (sulfide) groups is 1. The van der Waals surface area contributed by atoms with Gasteiger partial charge in [0.1, 0.15) is 0 Å². The number of nitriles is 1. The Hall–Kier alpha value is -2.55. The van der Waals surface area contributed by atoms with Gasteiger partial charge in [-0.05, 0) is 53.2 Å². The molecule has 0 radical (unpaired) electrons. The van der Waals surface area contributed by atoms with E-state index in [0.717, 1.165) is 22.9 Å². The van der Waals surface area contributed by atoms with Gasteiger partial charge in [-0.1, -0.05) is 35.9 Å². The second-order valence-electron chi connectivity index (χ2n) is 5.13. The van der Waals surface area contributed by atoms with E-state index in [1.54, 1.807) is 54.6 Å². The van der Waals surface area contributed by atoms with E-state index in [2.05, 4.69) is 0 Å². The minimum Gasteiger partial charge on any atom is -0.268 e. The lowest BCUT2D eigenvalue weighted by molar-refractivity contribution is -0.123. The van der Waals surface area contributed by atoms with Crippen molar-refractivity contribution in [1.29, 1.82) is 5.26 Å². The molecule has 2 aromatic rings. The minimum absolute atomic E-state index is 0.215. The average molecular weight is 355 g/mol. The summed E-state index contributed by atoms with van der Waals surface area (Å²) in [6, 6.07) is 15.9. The van der Waals surface area contributed by atoms with Crippen LogP contribution in [-0.4, -0.2) is 16.0 Å². The lowest BCUT2D eigenvalue weighted by Gasteiger charge is -2.12. The molecule has 1 aliphatic rings. The Morgan fingerprint density at radius 1 is 1.08 bits per heavy atom. The lowest BCUT2D eigenvalue weighted by atomic mass is 10.1. The number of imide groups is 1. The summed E-state index contributed by atoms with van der Waals surface area (Å²) < 4.78 is 0. The van der Waals surface area contributed by atoms with Crippen LogP contribution in [0.1, 0.15) is 16.7 Å². The summed E-state index contributed by atoms with van der Waals surface area (Å²) in [6.07, 6.45) is 1.66. The Bertz CT molecular complexity index is 867. The maximum Gasteiger partial charge on any atom is 0.293 e. The van der Waals surface area contributed by atoms with Gasteiger partial charge in [-0.2, -0.15) is 5.26 Å². The van der Waals surface area contributed by atoms with Crippen LogP contribution in [0.15, 0.2) is 53.4 Å². The molecular weight excluding hydrogens is 344 g/mol. The Labute approximate surface area is 148 Å². The molecule has 0 unspecified atom stereocenters. The summed E-state index contributed by atoms with van der Waals surface area (Å²) in [6.45, 7) is 0.215. The molecule has 1 fully saturated rings. The fraction of sp³-hybridized carbons (Fsp3) is 0.0556. The predicted molar refractivity (Wildman–Crippen MR) is 94.1 cm³/mol. The van der Waals surface area contributed by atoms with Crippen LogP contribution in [0.25, 0.3) is 6.08 Å². The molecule has 1 aliphatic heterocycles. The SMILES string of the molecule is N#Cc1ccc(/C=C2/SC(=O)N(Cc3ccc(Cl)cc3)C2=O)cc1. The summed E-state index contributed by atoms with van der Waals surface area (Å²) in [5.41, 5.74) is 2.15. The monoisotopic (exact) mass is 354 g/mol. The molecule has 6 heteroatoms. The first-order valence-corrected chi connectivity index (χ1v) is 8.26. The molecule has 3 rings (SSSR count). The number of hydrogen-bond donors (Lipinski definition) is 0. The van der Waals surface area contributed by atoms with E-state index < -0.39 is 0 Å². The Morgan fingerprint density at radius 3 is 2.38 bits per heavy atom. The number of halogens is 1. The van der Waals surface area contributed by atoms with E-state index >= 15 is 0 Å². The first kappa shape index (κ1) is 16.3. The average Bonchev–Trinajstić information content (AvgIpc) is 2.85. The van der Waals surface area contributed by atoms with E-state index in [1.807, 2.05) is 6.07 Å². The second kappa shape index (κ2) is 6.91. The fourth-order valence-electron chi connectivity index (χ4n) is 2.21. The van der Waals surface area contributed by atoms with Crippen molar-refractivity contribution in [3.63, 3.8) is 0 Å². The molecule has 0 N–H and O–H groups in total. The topological polar surface area (TPSA) is 61.2 Å². The third-order valence-corrected chi connectivity index (χ3v) is 4.62. The Morgan fingerprint density at radius 2 is 1.75 bits per heavy atom. The van der Waals surface area contributed by atoms with Gasteiger partial charge in [0.2, 0.25) is 0 Å². The van der Waals surface area contributed by atoms with Gasteiger partial charge in [0.25, 0.3) is 11.1 Å². The molecule has 1 heterocycles. The van der Waals surface area contributed by atoms with Gasteiger partial charge in [0, 0.05) is 5.02 Å². The van der Waals surface area contributed by atoms with E-state index in [9.17, 15) is 9.59 Å². The Balaban J connectivity index is 1.79. The van der Waals surface area contributed by atoms with Crippen molar-refractivity contribution in [3.05, 3.63) is 75.1 Å². The molecule has 118 valence electrons. The van der Waals surface area contributed by atoms with Crippen molar-refractivity contribution in [1.82, 2.24) is 4.90 Å². The van der Waals surface area contributed by atoms with Gasteiger partial charge >= 0.3 is 0 Å². The van der Waals surface area contributed by atoms with Crippen LogP contribution in [0.3, 0.4) is 0 Å². The summed E-state index contributed by atoms with van der Waals surface area (Å²) in [5.74, 6) is -0.315. The molecule has 0 atom stereocenters. The van der Waals surface area contributed by atoms with Crippen molar-refractivity contribution in [2.24, 2.45) is 0 Å². The molecule has 0 aromatic heterocycles. The highest BCUT2D eigenvalue weighted by molar-refractivity contribution is 8.18. The first-order chi connectivity index (χ1) is 11.6. The van der Waals surface area contributed by atoms with Gasteiger partial charge in [0.05, 0.1) is 23.1 Å². The largest absolute Gasteiger partial charge is 0.293 e. The van der Waals surface area contributed by atoms with Crippen LogP contribution >= 0.6 is 23.4 Å². The zero-order valence-corrected chi connectivity index (χ0v) is 14.0. The highest BCUT2D eigenvalue weighted by atomic mass is 35.5. The standard InChI is InChI=1S/C18H11ClN2O2S/c19-15-7-5-14(6-8-15)11-21-17(22)16(24-18(21)23)9-12-1-3-13(10-20)4-2-12/h1-9H,11H2/b16-9+. The number of benzene rings is 2. The molecule has 24 heavy (non-hydrogen) atoms. The van der Waals surface area contributed by atoms with Crippen molar-refractivity contribution >= 4 is 40.6 Å². The van der Waals surface area contributed by atoms with Crippen molar-refractivity contribution < 1.29 is 9.59 Å². The maximum atomic E-state index is 12.5. The van der Waals surface area contributed by atoms with Gasteiger partial charge in [0.15, 0.2) is 0 Å². The molecule has 1 saturated heterocycles. The van der Waals surface area contributed by atoms with Crippen LogP contribution < -0.4 is 0 Å². The molecule has 0 bridgehead atoms. The number of carbonyl (C=O) groups excluding carboxylic acids is 2. The van der Waals surface area contributed by atoms with E-state index in [1.165, 1.54) is 4.90 Å². The van der Waals surface area contributed by atoms with Crippen LogP contribution in [-0.2, 0) is 11.3 Å². The third kappa shape index (κ3) is 3.51. The maximum absolute atomic E-state index is 12.5. The highest BCUT2D eigenvalue weighted by Gasteiger charge is 2.34. The number of nitrogens with zero attached hydrogens (tertiary/aromatic N) is 2. The molecule has 2 aromatic carbocycles. The molecule has 2 amide bonds. The molecule has 4 nitrogen and oxygen atoms in total. The molecule has 0 saturated carbocycles.